The summed E-state index contributed by atoms with van der Waals surface area (Å²) in [4.78, 5) is 15.0. The van der Waals surface area contributed by atoms with Crippen molar-refractivity contribution in [2.45, 2.75) is 82.8 Å². The average Bonchev–Trinajstić information content (AvgIpc) is 3.04. The van der Waals surface area contributed by atoms with Crippen molar-refractivity contribution in [2.24, 2.45) is 0 Å². The van der Waals surface area contributed by atoms with Gasteiger partial charge in [0.15, 0.2) is 0 Å². The van der Waals surface area contributed by atoms with Crippen molar-refractivity contribution in [3.8, 4) is 0 Å². The molecule has 21 heavy (non-hydrogen) atoms. The number of nitrogens with zero attached hydrogens (tertiary/aromatic N) is 1. The molecule has 1 unspecified atom stereocenters. The van der Waals surface area contributed by atoms with E-state index in [1.54, 1.807) is 0 Å². The zero-order valence-corrected chi connectivity index (χ0v) is 14.6. The van der Waals surface area contributed by atoms with E-state index in [9.17, 15) is 4.79 Å². The molecule has 1 aliphatic carbocycles. The molecule has 0 aromatic carbocycles. The lowest BCUT2D eigenvalue weighted by Gasteiger charge is -2.23. The summed E-state index contributed by atoms with van der Waals surface area (Å²) in [7, 11) is 0. The SMILES string of the molecule is CCCC1NC2(CCCC2)C(=O)N1CCCCCCSC. The Bertz CT molecular complexity index is 329. The van der Waals surface area contributed by atoms with Gasteiger partial charge in [0.2, 0.25) is 5.91 Å². The van der Waals surface area contributed by atoms with Crippen LogP contribution in [0.3, 0.4) is 0 Å². The molecule has 1 N–H and O–H groups in total. The topological polar surface area (TPSA) is 32.3 Å². The lowest BCUT2D eigenvalue weighted by molar-refractivity contribution is -0.133. The summed E-state index contributed by atoms with van der Waals surface area (Å²) in [5.41, 5.74) is -0.182. The minimum Gasteiger partial charge on any atom is -0.326 e. The second kappa shape index (κ2) is 8.42. The first-order valence-electron chi connectivity index (χ1n) is 8.81. The summed E-state index contributed by atoms with van der Waals surface area (Å²) < 4.78 is 0. The van der Waals surface area contributed by atoms with Gasteiger partial charge < -0.3 is 4.90 Å². The molecule has 4 heteroatoms. The number of nitrogens with one attached hydrogen (secondary N) is 1. The first kappa shape index (κ1) is 17.1. The highest BCUT2D eigenvalue weighted by Crippen LogP contribution is 2.37. The van der Waals surface area contributed by atoms with Gasteiger partial charge in [0.05, 0.1) is 11.7 Å². The maximum atomic E-state index is 12.8. The van der Waals surface area contributed by atoms with E-state index in [1.165, 1.54) is 37.9 Å². The van der Waals surface area contributed by atoms with Gasteiger partial charge in [0.1, 0.15) is 0 Å². The average molecular weight is 313 g/mol. The molecule has 0 radical (unpaired) electrons. The standard InChI is InChI=1S/C17H32N2OS/c1-3-10-15-18-17(11-6-7-12-17)16(20)19(15)13-8-4-5-9-14-21-2/h15,18H,3-14H2,1-2H3. The van der Waals surface area contributed by atoms with Gasteiger partial charge in [-0.15, -0.1) is 0 Å². The number of amides is 1. The van der Waals surface area contributed by atoms with Gasteiger partial charge in [-0.1, -0.05) is 39.0 Å². The minimum atomic E-state index is -0.182. The van der Waals surface area contributed by atoms with Crippen LogP contribution in [0.25, 0.3) is 0 Å². The highest BCUT2D eigenvalue weighted by molar-refractivity contribution is 7.98. The Morgan fingerprint density at radius 3 is 2.62 bits per heavy atom. The van der Waals surface area contributed by atoms with Crippen LogP contribution in [-0.4, -0.2) is 41.1 Å². The predicted octanol–water partition coefficient (Wildman–Crippen LogP) is 3.78. The zero-order valence-electron chi connectivity index (χ0n) is 13.8. The number of carbonyl (C=O) groups excluding carboxylic acids is 1. The fraction of sp³-hybridized carbons (Fsp3) is 0.941. The summed E-state index contributed by atoms with van der Waals surface area (Å²) in [6.07, 6.45) is 14.3. The van der Waals surface area contributed by atoms with Crippen LogP contribution in [0.1, 0.15) is 71.1 Å². The lowest BCUT2D eigenvalue weighted by Crippen LogP contribution is -2.44. The molecule has 0 aromatic rings. The second-order valence-electron chi connectivity index (χ2n) is 6.64. The Kier molecular flexibility index (Phi) is 6.87. The van der Waals surface area contributed by atoms with E-state index in [0.717, 1.165) is 38.6 Å². The largest absolute Gasteiger partial charge is 0.326 e. The number of rotatable bonds is 9. The van der Waals surface area contributed by atoms with Gasteiger partial charge >= 0.3 is 0 Å². The molecule has 1 amide bonds. The number of thioether (sulfide) groups is 1. The minimum absolute atomic E-state index is 0.182. The molecule has 2 rings (SSSR count). The van der Waals surface area contributed by atoms with Crippen molar-refractivity contribution in [3.63, 3.8) is 0 Å². The number of hydrogen-bond donors (Lipinski definition) is 1. The third-order valence-electron chi connectivity index (χ3n) is 5.01. The van der Waals surface area contributed by atoms with Crippen molar-refractivity contribution >= 4 is 17.7 Å². The van der Waals surface area contributed by atoms with E-state index in [1.807, 2.05) is 11.8 Å². The normalized spacial score (nSPS) is 24.4. The van der Waals surface area contributed by atoms with Crippen molar-refractivity contribution in [1.82, 2.24) is 10.2 Å². The van der Waals surface area contributed by atoms with Crippen LogP contribution in [0.4, 0.5) is 0 Å². The molecular formula is C17H32N2OS. The molecule has 1 heterocycles. The molecule has 1 saturated carbocycles. The summed E-state index contributed by atoms with van der Waals surface area (Å²) in [6, 6.07) is 0. The molecule has 122 valence electrons. The molecule has 1 spiro atoms. The van der Waals surface area contributed by atoms with E-state index in [2.05, 4.69) is 23.4 Å². The third kappa shape index (κ3) is 4.16. The Hall–Kier alpha value is -0.220. The highest BCUT2D eigenvalue weighted by Gasteiger charge is 2.51. The quantitative estimate of drug-likeness (QED) is 0.658. The van der Waals surface area contributed by atoms with Crippen LogP contribution in [0.5, 0.6) is 0 Å². The zero-order chi connectivity index (χ0) is 15.1. The summed E-state index contributed by atoms with van der Waals surface area (Å²) in [6.45, 7) is 3.17. The maximum Gasteiger partial charge on any atom is 0.244 e. The van der Waals surface area contributed by atoms with Crippen molar-refractivity contribution in [2.75, 3.05) is 18.6 Å². The molecule has 2 aliphatic rings. The Labute approximate surface area is 134 Å². The van der Waals surface area contributed by atoms with Crippen LogP contribution in [-0.2, 0) is 4.79 Å². The molecule has 1 atom stereocenters. The van der Waals surface area contributed by atoms with Crippen molar-refractivity contribution in [1.29, 1.82) is 0 Å². The molecule has 1 aliphatic heterocycles. The van der Waals surface area contributed by atoms with Gasteiger partial charge in [-0.2, -0.15) is 11.8 Å². The molecule has 2 fully saturated rings. The first-order chi connectivity index (χ1) is 10.2. The van der Waals surface area contributed by atoms with Gasteiger partial charge in [-0.25, -0.2) is 0 Å². The maximum absolute atomic E-state index is 12.8. The number of unbranched alkanes of at least 4 members (excludes halogenated alkanes) is 3. The van der Waals surface area contributed by atoms with Gasteiger partial charge in [-0.05, 0) is 44.1 Å². The van der Waals surface area contributed by atoms with E-state index in [4.69, 9.17) is 0 Å². The second-order valence-corrected chi connectivity index (χ2v) is 7.63. The summed E-state index contributed by atoms with van der Waals surface area (Å²) >= 11 is 1.93. The number of carbonyl (C=O) groups is 1. The van der Waals surface area contributed by atoms with Crippen LogP contribution < -0.4 is 5.32 Å². The van der Waals surface area contributed by atoms with Gasteiger partial charge in [0, 0.05) is 6.54 Å². The summed E-state index contributed by atoms with van der Waals surface area (Å²) in [5, 5.41) is 3.70. The lowest BCUT2D eigenvalue weighted by atomic mass is 9.98. The van der Waals surface area contributed by atoms with Crippen LogP contribution in [0.2, 0.25) is 0 Å². The molecule has 0 bridgehead atoms. The van der Waals surface area contributed by atoms with Crippen LogP contribution >= 0.6 is 11.8 Å². The van der Waals surface area contributed by atoms with E-state index in [0.29, 0.717) is 12.1 Å². The Balaban J connectivity index is 1.82. The van der Waals surface area contributed by atoms with Crippen molar-refractivity contribution < 1.29 is 4.79 Å². The third-order valence-corrected chi connectivity index (χ3v) is 5.70. The van der Waals surface area contributed by atoms with E-state index >= 15 is 0 Å². The molecule has 3 nitrogen and oxygen atoms in total. The Morgan fingerprint density at radius 1 is 1.24 bits per heavy atom. The molecule has 1 saturated heterocycles. The first-order valence-corrected chi connectivity index (χ1v) is 10.2. The smallest absolute Gasteiger partial charge is 0.244 e. The fourth-order valence-corrected chi connectivity index (χ4v) is 4.35. The van der Waals surface area contributed by atoms with Gasteiger partial charge in [0.25, 0.3) is 0 Å². The Morgan fingerprint density at radius 2 is 1.95 bits per heavy atom. The van der Waals surface area contributed by atoms with E-state index in [-0.39, 0.29) is 5.54 Å². The monoisotopic (exact) mass is 312 g/mol. The highest BCUT2D eigenvalue weighted by atomic mass is 32.2. The molecular weight excluding hydrogens is 280 g/mol. The van der Waals surface area contributed by atoms with Crippen LogP contribution in [0.15, 0.2) is 0 Å². The van der Waals surface area contributed by atoms with Crippen molar-refractivity contribution in [3.05, 3.63) is 0 Å². The molecule has 0 aromatic heterocycles. The number of hydrogen-bond acceptors (Lipinski definition) is 3. The predicted molar refractivity (Wildman–Crippen MR) is 91.6 cm³/mol. The van der Waals surface area contributed by atoms with E-state index < -0.39 is 0 Å². The fourth-order valence-electron chi connectivity index (χ4n) is 3.85. The van der Waals surface area contributed by atoms with Crippen LogP contribution in [0, 0.1) is 0 Å². The van der Waals surface area contributed by atoms with Gasteiger partial charge in [-0.3, -0.25) is 10.1 Å². The summed E-state index contributed by atoms with van der Waals surface area (Å²) in [5.74, 6) is 1.67.